The number of H-pyrrole nitrogens is 1. The molecule has 3 aromatic heterocycles. The molecule has 0 fully saturated rings. The SMILES string of the molecule is C=CCn1c(SCc2nc3sc(C)c(C)c3c(=O)[nH]2)nnc1-c1ccc(Cl)cc1. The van der Waals surface area contributed by atoms with Crippen molar-refractivity contribution in [2.24, 2.45) is 0 Å². The van der Waals surface area contributed by atoms with E-state index in [-0.39, 0.29) is 5.56 Å². The van der Waals surface area contributed by atoms with Gasteiger partial charge in [-0.3, -0.25) is 9.36 Å². The molecule has 0 aliphatic rings. The molecule has 0 saturated carbocycles. The predicted molar refractivity (Wildman–Crippen MR) is 120 cm³/mol. The summed E-state index contributed by atoms with van der Waals surface area (Å²) in [5, 5.41) is 10.8. The molecular formula is C20H18ClN5OS2. The van der Waals surface area contributed by atoms with E-state index in [9.17, 15) is 4.79 Å². The Morgan fingerprint density at radius 2 is 2.03 bits per heavy atom. The summed E-state index contributed by atoms with van der Waals surface area (Å²) in [5.41, 5.74) is 1.83. The van der Waals surface area contributed by atoms with E-state index in [2.05, 4.69) is 26.7 Å². The van der Waals surface area contributed by atoms with Gasteiger partial charge in [-0.2, -0.15) is 0 Å². The summed E-state index contributed by atoms with van der Waals surface area (Å²) in [6, 6.07) is 7.47. The van der Waals surface area contributed by atoms with Crippen molar-refractivity contribution in [3.8, 4) is 11.4 Å². The van der Waals surface area contributed by atoms with Gasteiger partial charge in [-0.05, 0) is 43.7 Å². The first-order chi connectivity index (χ1) is 14.0. The second-order valence-corrected chi connectivity index (χ2v) is 9.06. The number of aromatic amines is 1. The van der Waals surface area contributed by atoms with Crippen molar-refractivity contribution in [2.75, 3.05) is 0 Å². The predicted octanol–water partition coefficient (Wildman–Crippen LogP) is 4.99. The third-order valence-corrected chi connectivity index (χ3v) is 6.89. The molecule has 148 valence electrons. The van der Waals surface area contributed by atoms with Crippen molar-refractivity contribution < 1.29 is 0 Å². The normalized spacial score (nSPS) is 11.3. The van der Waals surface area contributed by atoms with Gasteiger partial charge in [0.15, 0.2) is 11.0 Å². The number of aryl methyl sites for hydroxylation is 2. The number of hydrogen-bond acceptors (Lipinski definition) is 6. The van der Waals surface area contributed by atoms with Gasteiger partial charge >= 0.3 is 0 Å². The van der Waals surface area contributed by atoms with Crippen LogP contribution in [0.5, 0.6) is 0 Å². The van der Waals surface area contributed by atoms with Crippen molar-refractivity contribution in [1.29, 1.82) is 0 Å². The number of nitrogens with zero attached hydrogens (tertiary/aromatic N) is 4. The minimum Gasteiger partial charge on any atom is -0.309 e. The number of allylic oxidation sites excluding steroid dienone is 1. The largest absolute Gasteiger partial charge is 0.309 e. The molecule has 0 saturated heterocycles. The van der Waals surface area contributed by atoms with E-state index < -0.39 is 0 Å². The van der Waals surface area contributed by atoms with E-state index >= 15 is 0 Å². The minimum atomic E-state index is -0.0955. The number of halogens is 1. The van der Waals surface area contributed by atoms with Gasteiger partial charge in [0.25, 0.3) is 5.56 Å². The number of hydrogen-bond donors (Lipinski definition) is 1. The fraction of sp³-hybridized carbons (Fsp3) is 0.200. The Morgan fingerprint density at radius 1 is 1.28 bits per heavy atom. The molecule has 0 aliphatic carbocycles. The Hall–Kier alpha value is -2.42. The molecule has 4 rings (SSSR count). The lowest BCUT2D eigenvalue weighted by Gasteiger charge is -2.08. The monoisotopic (exact) mass is 443 g/mol. The quantitative estimate of drug-likeness (QED) is 0.335. The van der Waals surface area contributed by atoms with Crippen molar-refractivity contribution in [3.63, 3.8) is 0 Å². The first kappa shape index (κ1) is 19.9. The number of aromatic nitrogens is 5. The van der Waals surface area contributed by atoms with Crippen LogP contribution >= 0.6 is 34.7 Å². The van der Waals surface area contributed by atoms with Gasteiger partial charge < -0.3 is 4.98 Å². The zero-order valence-corrected chi connectivity index (χ0v) is 18.3. The van der Waals surface area contributed by atoms with Gasteiger partial charge in [-0.1, -0.05) is 29.4 Å². The van der Waals surface area contributed by atoms with Crippen LogP contribution in [0.2, 0.25) is 5.02 Å². The molecule has 0 unspecified atom stereocenters. The minimum absolute atomic E-state index is 0.0955. The van der Waals surface area contributed by atoms with E-state index in [1.54, 1.807) is 17.4 Å². The van der Waals surface area contributed by atoms with Crippen LogP contribution in [0.25, 0.3) is 21.6 Å². The maximum atomic E-state index is 12.5. The first-order valence-corrected chi connectivity index (χ1v) is 11.1. The molecule has 1 aromatic carbocycles. The Kier molecular flexibility index (Phi) is 5.58. The van der Waals surface area contributed by atoms with E-state index in [4.69, 9.17) is 11.6 Å². The topological polar surface area (TPSA) is 76.5 Å². The van der Waals surface area contributed by atoms with Gasteiger partial charge in [0.1, 0.15) is 10.7 Å². The van der Waals surface area contributed by atoms with Crippen LogP contribution in [0.4, 0.5) is 0 Å². The van der Waals surface area contributed by atoms with Crippen LogP contribution in [0.15, 0.2) is 46.9 Å². The summed E-state index contributed by atoms with van der Waals surface area (Å²) in [6.45, 7) is 8.36. The average Bonchev–Trinajstić information content (AvgIpc) is 3.22. The Labute approximate surface area is 180 Å². The Balaban J connectivity index is 1.63. The van der Waals surface area contributed by atoms with Gasteiger partial charge in [-0.25, -0.2) is 4.98 Å². The molecule has 0 atom stereocenters. The molecule has 4 aromatic rings. The number of benzene rings is 1. The molecule has 6 nitrogen and oxygen atoms in total. The van der Waals surface area contributed by atoms with Gasteiger partial charge in [0, 0.05) is 22.0 Å². The highest BCUT2D eigenvalue weighted by atomic mass is 35.5. The highest BCUT2D eigenvalue weighted by Crippen LogP contribution is 2.29. The summed E-state index contributed by atoms with van der Waals surface area (Å²) in [6.07, 6.45) is 1.80. The highest BCUT2D eigenvalue weighted by molar-refractivity contribution is 7.98. The second kappa shape index (κ2) is 8.14. The molecule has 3 heterocycles. The van der Waals surface area contributed by atoms with Crippen LogP contribution < -0.4 is 5.56 Å². The van der Waals surface area contributed by atoms with Crippen LogP contribution in [0, 0.1) is 13.8 Å². The molecule has 0 bridgehead atoms. The molecule has 0 amide bonds. The van der Waals surface area contributed by atoms with Crippen LogP contribution in [0.1, 0.15) is 16.3 Å². The second-order valence-electron chi connectivity index (χ2n) is 6.48. The maximum absolute atomic E-state index is 12.5. The van der Waals surface area contributed by atoms with E-state index in [1.165, 1.54) is 11.8 Å². The van der Waals surface area contributed by atoms with Crippen molar-refractivity contribution in [3.05, 3.63) is 68.6 Å². The van der Waals surface area contributed by atoms with Gasteiger partial charge in [0.05, 0.1) is 11.1 Å². The van der Waals surface area contributed by atoms with Gasteiger partial charge in [0.2, 0.25) is 0 Å². The average molecular weight is 444 g/mol. The molecule has 0 radical (unpaired) electrons. The third kappa shape index (κ3) is 3.88. The highest BCUT2D eigenvalue weighted by Gasteiger charge is 2.16. The molecule has 0 spiro atoms. The summed E-state index contributed by atoms with van der Waals surface area (Å²) in [5.74, 6) is 1.84. The molecule has 1 N–H and O–H groups in total. The summed E-state index contributed by atoms with van der Waals surface area (Å²) in [7, 11) is 0. The summed E-state index contributed by atoms with van der Waals surface area (Å²) >= 11 is 9.01. The summed E-state index contributed by atoms with van der Waals surface area (Å²) in [4.78, 5) is 21.9. The van der Waals surface area contributed by atoms with Crippen molar-refractivity contribution in [2.45, 2.75) is 31.3 Å². The lowest BCUT2D eigenvalue weighted by atomic mass is 10.2. The van der Waals surface area contributed by atoms with E-state index in [0.717, 1.165) is 31.8 Å². The maximum Gasteiger partial charge on any atom is 0.259 e. The third-order valence-electron chi connectivity index (χ3n) is 4.56. The lowest BCUT2D eigenvalue weighted by Crippen LogP contribution is -2.11. The number of thiophene rings is 1. The Morgan fingerprint density at radius 3 is 2.76 bits per heavy atom. The molecule has 29 heavy (non-hydrogen) atoms. The molecular weight excluding hydrogens is 426 g/mol. The van der Waals surface area contributed by atoms with Gasteiger partial charge in [-0.15, -0.1) is 28.1 Å². The fourth-order valence-electron chi connectivity index (χ4n) is 3.00. The molecule has 9 heteroatoms. The van der Waals surface area contributed by atoms with E-state index in [0.29, 0.717) is 28.5 Å². The number of rotatable bonds is 6. The zero-order chi connectivity index (χ0) is 20.5. The summed E-state index contributed by atoms with van der Waals surface area (Å²) < 4.78 is 1.98. The van der Waals surface area contributed by atoms with Crippen LogP contribution in [0.3, 0.4) is 0 Å². The van der Waals surface area contributed by atoms with Crippen LogP contribution in [-0.4, -0.2) is 24.7 Å². The van der Waals surface area contributed by atoms with E-state index in [1.807, 2.05) is 42.7 Å². The fourth-order valence-corrected chi connectivity index (χ4v) is 4.99. The molecule has 0 aliphatic heterocycles. The lowest BCUT2D eigenvalue weighted by molar-refractivity contribution is 0.730. The standard InChI is InChI=1S/C20H18ClN5OS2/c1-4-9-26-17(13-5-7-14(21)8-6-13)24-25-20(26)28-10-15-22-18(27)16-11(2)12(3)29-19(16)23-15/h4-8H,1,9-10H2,2-3H3,(H,22,23,27). The number of fused-ring (bicyclic) bond motifs is 1. The number of nitrogens with one attached hydrogen (secondary N) is 1. The first-order valence-electron chi connectivity index (χ1n) is 8.89. The Bertz CT molecular complexity index is 1260. The van der Waals surface area contributed by atoms with Crippen molar-refractivity contribution in [1.82, 2.24) is 24.7 Å². The van der Waals surface area contributed by atoms with Crippen molar-refractivity contribution >= 4 is 44.9 Å². The zero-order valence-electron chi connectivity index (χ0n) is 15.9. The van der Waals surface area contributed by atoms with Crippen LogP contribution in [-0.2, 0) is 12.3 Å². The smallest absolute Gasteiger partial charge is 0.259 e. The number of thioether (sulfide) groups is 1.